The number of unbranched alkanes of at least 4 members (excludes halogenated alkanes) is 1. The van der Waals surface area contributed by atoms with Gasteiger partial charge in [-0.1, -0.05) is 56.3 Å². The molecule has 6 nitrogen and oxygen atoms in total. The van der Waals surface area contributed by atoms with Gasteiger partial charge in [0.15, 0.2) is 0 Å². The first-order chi connectivity index (χ1) is 14.6. The van der Waals surface area contributed by atoms with Crippen LogP contribution in [0.3, 0.4) is 0 Å². The van der Waals surface area contributed by atoms with Gasteiger partial charge in [0.1, 0.15) is 4.90 Å². The molecule has 0 amide bonds. The van der Waals surface area contributed by atoms with E-state index in [4.69, 9.17) is 0 Å². The molecule has 0 unspecified atom stereocenters. The van der Waals surface area contributed by atoms with Gasteiger partial charge < -0.3 is 0 Å². The number of para-hydroxylation sites is 1. The molecule has 0 saturated carbocycles. The van der Waals surface area contributed by atoms with Crippen molar-refractivity contribution in [3.8, 4) is 11.1 Å². The van der Waals surface area contributed by atoms with Crippen LogP contribution in [0.4, 0.5) is 5.69 Å². The van der Waals surface area contributed by atoms with Crippen molar-refractivity contribution in [3.63, 3.8) is 0 Å². The van der Waals surface area contributed by atoms with E-state index in [1.54, 1.807) is 30.3 Å². The lowest BCUT2D eigenvalue weighted by molar-refractivity contribution is 0.483. The molecule has 2 aliphatic rings. The van der Waals surface area contributed by atoms with Gasteiger partial charge >= 0.3 is 0 Å². The van der Waals surface area contributed by atoms with E-state index >= 15 is 0 Å². The lowest BCUT2D eigenvalue weighted by Gasteiger charge is -2.08. The number of benzene rings is 1. The molecule has 0 saturated heterocycles. The molecule has 0 fully saturated rings. The highest BCUT2D eigenvalue weighted by Gasteiger charge is 2.23. The fourth-order valence-corrected chi connectivity index (χ4v) is 5.48. The number of aryl methyl sites for hydroxylation is 1. The summed E-state index contributed by atoms with van der Waals surface area (Å²) in [4.78, 5) is -0.109. The minimum absolute atomic E-state index is 0.0308. The Morgan fingerprint density at radius 1 is 0.871 bits per heavy atom. The minimum atomic E-state index is -4.37. The zero-order valence-electron chi connectivity index (χ0n) is 17.6. The molecule has 0 atom stereocenters. The molecule has 1 aromatic carbocycles. The van der Waals surface area contributed by atoms with E-state index in [1.807, 2.05) is 24.3 Å². The molecule has 0 aliphatic heterocycles. The summed E-state index contributed by atoms with van der Waals surface area (Å²) in [5.74, 6) is 0.244. The summed E-state index contributed by atoms with van der Waals surface area (Å²) < 4.78 is 60.5. The fourth-order valence-electron chi connectivity index (χ4n) is 3.55. The van der Waals surface area contributed by atoms with Crippen molar-refractivity contribution in [1.29, 1.82) is 0 Å². The first kappa shape index (κ1) is 23.2. The molecular formula is C23H27NO5S2. The van der Waals surface area contributed by atoms with Gasteiger partial charge in [-0.15, -0.1) is 0 Å². The first-order valence-electron chi connectivity index (χ1n) is 10.2. The Bertz CT molecular complexity index is 1220. The van der Waals surface area contributed by atoms with Crippen molar-refractivity contribution in [2.75, 3.05) is 10.5 Å². The molecule has 2 N–H and O–H groups in total. The second kappa shape index (κ2) is 9.38. The van der Waals surface area contributed by atoms with E-state index in [0.29, 0.717) is 30.5 Å². The van der Waals surface area contributed by atoms with E-state index in [0.717, 1.165) is 16.7 Å². The first-order valence-corrected chi connectivity index (χ1v) is 13.2. The van der Waals surface area contributed by atoms with Crippen LogP contribution in [-0.4, -0.2) is 27.1 Å². The average Bonchev–Trinajstić information content (AvgIpc) is 2.88. The second-order valence-electron chi connectivity index (χ2n) is 7.90. The van der Waals surface area contributed by atoms with Crippen molar-refractivity contribution in [2.24, 2.45) is 0 Å². The summed E-state index contributed by atoms with van der Waals surface area (Å²) >= 11 is 0. The zero-order valence-corrected chi connectivity index (χ0v) is 19.2. The standard InChI is InChI=1S/C23H27NO5S2/c1-17(2)18-11-13-21-19(16-23(31(27,28)29)22(21)14-12-18)8-6-7-15-30(25,26)24-20-9-4-3-5-10-20/h3-5,9-14,16-17,24H,6-8,15H2,1-2H3,(H,27,28,29). The number of rotatable bonds is 9. The highest BCUT2D eigenvalue weighted by molar-refractivity contribution is 7.92. The van der Waals surface area contributed by atoms with E-state index < -0.39 is 20.1 Å². The van der Waals surface area contributed by atoms with Crippen LogP contribution < -0.4 is 4.72 Å². The summed E-state index contributed by atoms with van der Waals surface area (Å²) in [7, 11) is -7.83. The summed E-state index contributed by atoms with van der Waals surface area (Å²) in [5, 5.41) is 0. The topological polar surface area (TPSA) is 101 Å². The Balaban J connectivity index is 1.74. The zero-order chi connectivity index (χ0) is 22.6. The van der Waals surface area contributed by atoms with Gasteiger partial charge in [-0.3, -0.25) is 9.27 Å². The van der Waals surface area contributed by atoms with Gasteiger partial charge in [0, 0.05) is 11.3 Å². The van der Waals surface area contributed by atoms with Gasteiger partial charge in [-0.2, -0.15) is 8.42 Å². The van der Waals surface area contributed by atoms with E-state index in [2.05, 4.69) is 18.6 Å². The van der Waals surface area contributed by atoms with E-state index in [9.17, 15) is 21.4 Å². The third kappa shape index (κ3) is 6.06. The maximum absolute atomic E-state index is 12.3. The van der Waals surface area contributed by atoms with Crippen LogP contribution in [0.2, 0.25) is 0 Å². The van der Waals surface area contributed by atoms with Crippen molar-refractivity contribution in [2.45, 2.75) is 43.9 Å². The number of fused-ring (bicyclic) bond motifs is 1. The Morgan fingerprint density at radius 3 is 2.13 bits per heavy atom. The van der Waals surface area contributed by atoms with E-state index in [-0.39, 0.29) is 16.6 Å². The molecule has 0 bridgehead atoms. The predicted molar refractivity (Wildman–Crippen MR) is 124 cm³/mol. The second-order valence-corrected chi connectivity index (χ2v) is 11.1. The average molecular weight is 462 g/mol. The molecule has 0 radical (unpaired) electrons. The van der Waals surface area contributed by atoms with Gasteiger partial charge in [0.05, 0.1) is 5.75 Å². The van der Waals surface area contributed by atoms with Crippen molar-refractivity contribution in [3.05, 3.63) is 71.8 Å². The maximum atomic E-state index is 12.3. The van der Waals surface area contributed by atoms with Crippen LogP contribution in [0.1, 0.15) is 43.7 Å². The van der Waals surface area contributed by atoms with Crippen LogP contribution in [0.15, 0.2) is 65.6 Å². The highest BCUT2D eigenvalue weighted by atomic mass is 32.2. The minimum Gasteiger partial charge on any atom is -0.284 e. The SMILES string of the molecule is CC(C)c1ccc2c(CCCCS(=O)(=O)Nc3ccccc3)cc(S(=O)(=O)O)c-2cc1. The Morgan fingerprint density at radius 2 is 1.52 bits per heavy atom. The fraction of sp³-hybridized carbons (Fsp3) is 0.304. The van der Waals surface area contributed by atoms with Crippen molar-refractivity contribution in [1.82, 2.24) is 0 Å². The monoisotopic (exact) mass is 461 g/mol. The van der Waals surface area contributed by atoms with Gasteiger partial charge in [0.25, 0.3) is 10.1 Å². The number of nitrogens with one attached hydrogen (secondary N) is 1. The van der Waals surface area contributed by atoms with Gasteiger partial charge in [-0.25, -0.2) is 8.42 Å². The van der Waals surface area contributed by atoms with Crippen LogP contribution in [0, 0.1) is 0 Å². The highest BCUT2D eigenvalue weighted by Crippen LogP contribution is 2.36. The molecule has 0 aromatic heterocycles. The van der Waals surface area contributed by atoms with Crippen LogP contribution in [0.5, 0.6) is 0 Å². The number of hydrogen-bond donors (Lipinski definition) is 2. The number of hydrogen-bond acceptors (Lipinski definition) is 4. The summed E-state index contributed by atoms with van der Waals surface area (Å²) in [5.41, 5.74) is 3.59. The Kier molecular flexibility index (Phi) is 7.03. The van der Waals surface area contributed by atoms with Gasteiger partial charge in [0.2, 0.25) is 10.0 Å². The lowest BCUT2D eigenvalue weighted by Crippen LogP contribution is -2.16. The predicted octanol–water partition coefficient (Wildman–Crippen LogP) is 4.93. The van der Waals surface area contributed by atoms with Crippen molar-refractivity contribution >= 4 is 25.8 Å². The lowest BCUT2D eigenvalue weighted by atomic mass is 10.0. The normalized spacial score (nSPS) is 12.4. The third-order valence-electron chi connectivity index (χ3n) is 5.19. The molecule has 166 valence electrons. The largest absolute Gasteiger partial charge is 0.295 e. The van der Waals surface area contributed by atoms with Crippen molar-refractivity contribution < 1.29 is 21.4 Å². The summed E-state index contributed by atoms with van der Waals surface area (Å²) in [6.07, 6.45) is 1.50. The van der Waals surface area contributed by atoms with Gasteiger partial charge in [-0.05, 0) is 60.1 Å². The number of anilines is 1. The molecule has 0 heterocycles. The molecule has 31 heavy (non-hydrogen) atoms. The van der Waals surface area contributed by atoms with Crippen LogP contribution >= 0.6 is 0 Å². The molecule has 8 heteroatoms. The third-order valence-corrected chi connectivity index (χ3v) is 7.46. The molecule has 1 aromatic rings. The molecule has 3 rings (SSSR count). The summed E-state index contributed by atoms with van der Waals surface area (Å²) in [6, 6.07) is 17.6. The van der Waals surface area contributed by atoms with Crippen LogP contribution in [0.25, 0.3) is 11.1 Å². The Labute approximate surface area is 184 Å². The smallest absolute Gasteiger partial charge is 0.284 e. The maximum Gasteiger partial charge on any atom is 0.295 e. The Hall–Kier alpha value is -2.42. The molecule has 2 aliphatic carbocycles. The number of sulfonamides is 1. The molecule has 0 spiro atoms. The quantitative estimate of drug-likeness (QED) is 0.348. The summed E-state index contributed by atoms with van der Waals surface area (Å²) in [6.45, 7) is 4.10. The van der Waals surface area contributed by atoms with Crippen LogP contribution in [-0.2, 0) is 26.6 Å². The van der Waals surface area contributed by atoms with E-state index in [1.165, 1.54) is 6.07 Å². The molecular weight excluding hydrogens is 434 g/mol.